The molecule has 2 aromatic carbocycles. The van der Waals surface area contributed by atoms with Crippen molar-refractivity contribution in [2.45, 2.75) is 56.3 Å². The SMILES string of the molecule is C[C@@H](c1nnc(SCC(=O)N(c2ccccc2)C2CCCCC2)n1-c1ccc(F)cc1)N(C)C. The van der Waals surface area contributed by atoms with Crippen LogP contribution in [0.4, 0.5) is 10.1 Å². The van der Waals surface area contributed by atoms with Crippen molar-refractivity contribution < 1.29 is 9.18 Å². The third-order valence-corrected chi connectivity index (χ3v) is 7.37. The Hall–Kier alpha value is -2.71. The van der Waals surface area contributed by atoms with E-state index in [0.717, 1.165) is 42.9 Å². The Balaban J connectivity index is 1.60. The van der Waals surface area contributed by atoms with E-state index in [2.05, 4.69) is 10.2 Å². The van der Waals surface area contributed by atoms with Gasteiger partial charge in [0, 0.05) is 17.4 Å². The van der Waals surface area contributed by atoms with Gasteiger partial charge in [-0.05, 0) is 70.3 Å². The lowest BCUT2D eigenvalue weighted by atomic mass is 9.93. The lowest BCUT2D eigenvalue weighted by molar-refractivity contribution is -0.116. The smallest absolute Gasteiger partial charge is 0.237 e. The predicted molar refractivity (Wildman–Crippen MR) is 135 cm³/mol. The largest absolute Gasteiger partial charge is 0.309 e. The summed E-state index contributed by atoms with van der Waals surface area (Å²) in [6.07, 6.45) is 5.59. The Kier molecular flexibility index (Phi) is 8.00. The maximum Gasteiger partial charge on any atom is 0.237 e. The Labute approximate surface area is 205 Å². The first-order valence-corrected chi connectivity index (χ1v) is 12.8. The molecule has 1 aliphatic carbocycles. The molecule has 6 nitrogen and oxygen atoms in total. The number of benzene rings is 2. The van der Waals surface area contributed by atoms with Gasteiger partial charge in [-0.2, -0.15) is 0 Å². The standard InChI is InChI=1S/C26H32FN5OS/c1-19(30(2)3)25-28-29-26(32(25)23-16-14-20(27)15-17-23)34-18-24(33)31(21-10-6-4-7-11-21)22-12-8-5-9-13-22/h4,6-7,10-11,14-17,19,22H,5,8-9,12-13,18H2,1-3H3/t19-/m0/s1. The Morgan fingerprint density at radius 2 is 1.74 bits per heavy atom. The summed E-state index contributed by atoms with van der Waals surface area (Å²) in [6, 6.07) is 16.5. The summed E-state index contributed by atoms with van der Waals surface area (Å²) in [5.41, 5.74) is 1.72. The highest BCUT2D eigenvalue weighted by molar-refractivity contribution is 7.99. The van der Waals surface area contributed by atoms with Gasteiger partial charge in [-0.1, -0.05) is 49.2 Å². The van der Waals surface area contributed by atoms with Gasteiger partial charge < -0.3 is 4.90 Å². The predicted octanol–water partition coefficient (Wildman–Crippen LogP) is 5.49. The van der Waals surface area contributed by atoms with Gasteiger partial charge >= 0.3 is 0 Å². The van der Waals surface area contributed by atoms with Crippen LogP contribution >= 0.6 is 11.8 Å². The molecule has 0 aliphatic heterocycles. The number of rotatable bonds is 8. The number of carbonyl (C=O) groups is 1. The number of nitrogens with zero attached hydrogens (tertiary/aromatic N) is 5. The number of aromatic nitrogens is 3. The molecule has 3 aromatic rings. The van der Waals surface area contributed by atoms with Crippen LogP contribution in [0.5, 0.6) is 0 Å². The number of amides is 1. The molecule has 1 fully saturated rings. The van der Waals surface area contributed by atoms with E-state index >= 15 is 0 Å². The minimum Gasteiger partial charge on any atom is -0.309 e. The zero-order valence-corrected chi connectivity index (χ0v) is 20.8. The molecule has 34 heavy (non-hydrogen) atoms. The lowest BCUT2D eigenvalue weighted by Crippen LogP contribution is -2.42. The van der Waals surface area contributed by atoms with Crippen LogP contribution in [0.25, 0.3) is 5.69 Å². The van der Waals surface area contributed by atoms with Gasteiger partial charge in [0.05, 0.1) is 11.8 Å². The second-order valence-electron chi connectivity index (χ2n) is 8.97. The maximum atomic E-state index is 13.6. The number of hydrogen-bond donors (Lipinski definition) is 0. The topological polar surface area (TPSA) is 54.3 Å². The number of para-hydroxylation sites is 1. The molecule has 4 rings (SSSR count). The van der Waals surface area contributed by atoms with Gasteiger partial charge in [-0.25, -0.2) is 4.39 Å². The van der Waals surface area contributed by atoms with Crippen molar-refractivity contribution in [3.8, 4) is 5.69 Å². The van der Waals surface area contributed by atoms with Crippen molar-refractivity contribution in [1.29, 1.82) is 0 Å². The number of halogens is 1. The van der Waals surface area contributed by atoms with Crippen LogP contribution in [-0.2, 0) is 4.79 Å². The average Bonchev–Trinajstić information content (AvgIpc) is 3.28. The van der Waals surface area contributed by atoms with Crippen molar-refractivity contribution in [3.05, 3.63) is 66.2 Å². The normalized spacial score (nSPS) is 15.4. The highest BCUT2D eigenvalue weighted by atomic mass is 32.2. The average molecular weight is 482 g/mol. The second kappa shape index (κ2) is 11.1. The molecule has 1 heterocycles. The quantitative estimate of drug-likeness (QED) is 0.399. The summed E-state index contributed by atoms with van der Waals surface area (Å²) < 4.78 is 15.5. The van der Waals surface area contributed by atoms with Gasteiger partial charge in [0.1, 0.15) is 5.82 Å². The van der Waals surface area contributed by atoms with Gasteiger partial charge in [0.25, 0.3) is 0 Å². The van der Waals surface area contributed by atoms with E-state index in [4.69, 9.17) is 0 Å². The van der Waals surface area contributed by atoms with E-state index in [1.54, 1.807) is 12.1 Å². The van der Waals surface area contributed by atoms with Crippen molar-refractivity contribution >= 4 is 23.4 Å². The fraction of sp³-hybridized carbons (Fsp3) is 0.423. The number of carbonyl (C=O) groups excluding carboxylic acids is 1. The van der Waals surface area contributed by atoms with Crippen LogP contribution in [0.1, 0.15) is 50.9 Å². The highest BCUT2D eigenvalue weighted by Crippen LogP contribution is 2.30. The molecule has 0 radical (unpaired) electrons. The fourth-order valence-corrected chi connectivity index (χ4v) is 5.21. The Bertz CT molecular complexity index is 1080. The summed E-state index contributed by atoms with van der Waals surface area (Å²) in [5, 5.41) is 9.48. The summed E-state index contributed by atoms with van der Waals surface area (Å²) in [6.45, 7) is 2.05. The maximum absolute atomic E-state index is 13.6. The minimum atomic E-state index is -0.297. The molecule has 0 unspecified atom stereocenters. The summed E-state index contributed by atoms with van der Waals surface area (Å²) in [4.78, 5) is 17.6. The van der Waals surface area contributed by atoms with Crippen LogP contribution in [0.2, 0.25) is 0 Å². The summed E-state index contributed by atoms with van der Waals surface area (Å²) >= 11 is 1.38. The minimum absolute atomic E-state index is 0.00865. The van der Waals surface area contributed by atoms with E-state index in [-0.39, 0.29) is 29.6 Å². The first kappa shape index (κ1) is 24.4. The van der Waals surface area contributed by atoms with Crippen molar-refractivity contribution in [3.63, 3.8) is 0 Å². The van der Waals surface area contributed by atoms with Crippen LogP contribution in [0.3, 0.4) is 0 Å². The third-order valence-electron chi connectivity index (χ3n) is 6.46. The number of hydrogen-bond acceptors (Lipinski definition) is 5. The van der Waals surface area contributed by atoms with Crippen molar-refractivity contribution in [2.75, 3.05) is 24.7 Å². The first-order chi connectivity index (χ1) is 16.5. The van der Waals surface area contributed by atoms with E-state index in [9.17, 15) is 9.18 Å². The second-order valence-corrected chi connectivity index (χ2v) is 9.91. The number of thioether (sulfide) groups is 1. The van der Waals surface area contributed by atoms with Crippen molar-refractivity contribution in [2.24, 2.45) is 0 Å². The molecular formula is C26H32FN5OS. The zero-order valence-electron chi connectivity index (χ0n) is 20.0. The van der Waals surface area contributed by atoms with E-state index in [1.807, 2.05) is 65.7 Å². The molecule has 1 saturated carbocycles. The molecular weight excluding hydrogens is 449 g/mol. The van der Waals surface area contributed by atoms with E-state index in [1.165, 1.54) is 30.3 Å². The van der Waals surface area contributed by atoms with E-state index in [0.29, 0.717) is 5.16 Å². The van der Waals surface area contributed by atoms with Gasteiger partial charge in [-0.3, -0.25) is 14.3 Å². The Morgan fingerprint density at radius 1 is 1.06 bits per heavy atom. The van der Waals surface area contributed by atoms with Gasteiger partial charge in [0.2, 0.25) is 5.91 Å². The molecule has 0 bridgehead atoms. The van der Waals surface area contributed by atoms with E-state index < -0.39 is 0 Å². The third kappa shape index (κ3) is 5.50. The molecule has 0 spiro atoms. The number of anilines is 1. The Morgan fingerprint density at radius 3 is 2.38 bits per heavy atom. The first-order valence-electron chi connectivity index (χ1n) is 11.8. The van der Waals surface area contributed by atoms with Gasteiger partial charge in [-0.15, -0.1) is 10.2 Å². The zero-order chi connectivity index (χ0) is 24.1. The van der Waals surface area contributed by atoms with Gasteiger partial charge in [0.15, 0.2) is 11.0 Å². The van der Waals surface area contributed by atoms with Crippen LogP contribution in [0.15, 0.2) is 59.8 Å². The van der Waals surface area contributed by atoms with Crippen molar-refractivity contribution in [1.82, 2.24) is 19.7 Å². The molecule has 180 valence electrons. The van der Waals surface area contributed by atoms with Crippen LogP contribution in [0, 0.1) is 5.82 Å². The fourth-order valence-electron chi connectivity index (χ4n) is 4.39. The lowest BCUT2D eigenvalue weighted by Gasteiger charge is -2.34. The highest BCUT2D eigenvalue weighted by Gasteiger charge is 2.28. The molecule has 1 amide bonds. The molecule has 1 aromatic heterocycles. The molecule has 0 saturated heterocycles. The molecule has 0 N–H and O–H groups in total. The summed E-state index contributed by atoms with van der Waals surface area (Å²) in [5.74, 6) is 0.772. The summed E-state index contributed by atoms with van der Waals surface area (Å²) in [7, 11) is 3.96. The molecule has 1 aliphatic rings. The molecule has 8 heteroatoms. The van der Waals surface area contributed by atoms with Crippen LogP contribution < -0.4 is 4.90 Å². The molecule has 1 atom stereocenters. The van der Waals surface area contributed by atoms with Crippen LogP contribution in [-0.4, -0.2) is 51.5 Å². The monoisotopic (exact) mass is 481 g/mol.